The monoisotopic (exact) mass is 344 g/mol. The van der Waals surface area contributed by atoms with Crippen LogP contribution in [0.25, 0.3) is 5.95 Å². The molecule has 0 bridgehead atoms. The molecule has 2 rings (SSSR count). The summed E-state index contributed by atoms with van der Waals surface area (Å²) in [6, 6.07) is 0. The quantitative estimate of drug-likeness (QED) is 0.623. The van der Waals surface area contributed by atoms with E-state index in [1.54, 1.807) is 25.5 Å². The molecule has 88 valence electrons. The maximum atomic E-state index is 11.4. The summed E-state index contributed by atoms with van der Waals surface area (Å²) in [6.45, 7) is 2.09. The molecule has 2 heterocycles. The van der Waals surface area contributed by atoms with Crippen molar-refractivity contribution in [3.63, 3.8) is 0 Å². The lowest BCUT2D eigenvalue weighted by atomic mass is 10.4. The molecule has 6 nitrogen and oxygen atoms in total. The molecule has 7 heteroatoms. The second-order valence-corrected chi connectivity index (χ2v) is 4.34. The lowest BCUT2D eigenvalue weighted by molar-refractivity contribution is 0.0526. The zero-order valence-electron chi connectivity index (χ0n) is 9.00. The van der Waals surface area contributed by atoms with Gasteiger partial charge in [0.05, 0.1) is 18.4 Å². The standard InChI is InChI=1S/C10H9IN4O2/c1-2-17-9(16)7-3-14-15(6-7)10-12-4-8(11)5-13-10/h3-6H,2H2,1H3. The highest BCUT2D eigenvalue weighted by Gasteiger charge is 2.10. The second kappa shape index (κ2) is 5.21. The molecule has 0 saturated heterocycles. The number of carbonyl (C=O) groups excluding carboxylic acids is 1. The number of nitrogens with zero attached hydrogens (tertiary/aromatic N) is 4. The molecule has 17 heavy (non-hydrogen) atoms. The minimum absolute atomic E-state index is 0.337. The molecule has 0 atom stereocenters. The highest BCUT2D eigenvalue weighted by molar-refractivity contribution is 14.1. The van der Waals surface area contributed by atoms with E-state index < -0.39 is 5.97 Å². The summed E-state index contributed by atoms with van der Waals surface area (Å²) >= 11 is 2.11. The van der Waals surface area contributed by atoms with Crippen molar-refractivity contribution in [3.8, 4) is 5.95 Å². The van der Waals surface area contributed by atoms with Crippen LogP contribution in [0.5, 0.6) is 0 Å². The Hall–Kier alpha value is -1.51. The fourth-order valence-corrected chi connectivity index (χ4v) is 1.45. The van der Waals surface area contributed by atoms with Gasteiger partial charge in [-0.05, 0) is 29.5 Å². The number of aromatic nitrogens is 4. The summed E-state index contributed by atoms with van der Waals surface area (Å²) in [5, 5.41) is 4.01. The van der Waals surface area contributed by atoms with Gasteiger partial charge in [-0.1, -0.05) is 0 Å². The van der Waals surface area contributed by atoms with E-state index in [2.05, 4.69) is 37.7 Å². The molecule has 0 aromatic carbocycles. The number of esters is 1. The number of carbonyl (C=O) groups is 1. The lowest BCUT2D eigenvalue weighted by Crippen LogP contribution is -2.04. The SMILES string of the molecule is CCOC(=O)c1cnn(-c2ncc(I)cn2)c1. The van der Waals surface area contributed by atoms with E-state index >= 15 is 0 Å². The molecule has 0 radical (unpaired) electrons. The molecule has 2 aromatic rings. The van der Waals surface area contributed by atoms with E-state index in [0.29, 0.717) is 18.1 Å². The van der Waals surface area contributed by atoms with Gasteiger partial charge < -0.3 is 4.74 Å². The first kappa shape index (κ1) is 12.0. The maximum absolute atomic E-state index is 11.4. The minimum atomic E-state index is -0.399. The number of halogens is 1. The summed E-state index contributed by atoms with van der Waals surface area (Å²) in [7, 11) is 0. The third-order valence-corrected chi connectivity index (χ3v) is 2.46. The third-order valence-electron chi connectivity index (χ3n) is 1.91. The Morgan fingerprint density at radius 1 is 1.41 bits per heavy atom. The van der Waals surface area contributed by atoms with E-state index in [4.69, 9.17) is 4.74 Å². The summed E-state index contributed by atoms with van der Waals surface area (Å²) in [5.74, 6) is 0.0187. The van der Waals surface area contributed by atoms with Crippen LogP contribution in [0.1, 0.15) is 17.3 Å². The van der Waals surface area contributed by atoms with E-state index in [1.165, 1.54) is 10.9 Å². The topological polar surface area (TPSA) is 69.9 Å². The molecule has 0 aliphatic rings. The zero-order chi connectivity index (χ0) is 12.3. The first-order valence-electron chi connectivity index (χ1n) is 4.90. The average Bonchev–Trinajstić information content (AvgIpc) is 2.80. The highest BCUT2D eigenvalue weighted by Crippen LogP contribution is 2.06. The number of rotatable bonds is 3. The van der Waals surface area contributed by atoms with Gasteiger partial charge in [0.15, 0.2) is 0 Å². The third kappa shape index (κ3) is 2.78. The van der Waals surface area contributed by atoms with Crippen molar-refractivity contribution in [3.05, 3.63) is 33.9 Å². The molecular formula is C10H9IN4O2. The van der Waals surface area contributed by atoms with Crippen molar-refractivity contribution in [2.75, 3.05) is 6.61 Å². The van der Waals surface area contributed by atoms with Crippen molar-refractivity contribution in [1.82, 2.24) is 19.7 Å². The molecule has 2 aromatic heterocycles. The predicted octanol–water partition coefficient (Wildman–Crippen LogP) is 1.44. The Morgan fingerprint density at radius 2 is 2.12 bits per heavy atom. The summed E-state index contributed by atoms with van der Waals surface area (Å²) < 4.78 is 7.23. The molecule has 0 saturated carbocycles. The number of hydrogen-bond donors (Lipinski definition) is 0. The van der Waals surface area contributed by atoms with Gasteiger partial charge in [-0.3, -0.25) is 0 Å². The van der Waals surface area contributed by atoms with Crippen LogP contribution in [0.2, 0.25) is 0 Å². The van der Waals surface area contributed by atoms with E-state index in [0.717, 1.165) is 3.57 Å². The van der Waals surface area contributed by atoms with Gasteiger partial charge in [0, 0.05) is 22.2 Å². The van der Waals surface area contributed by atoms with E-state index in [9.17, 15) is 4.79 Å². The fraction of sp³-hybridized carbons (Fsp3) is 0.200. The van der Waals surface area contributed by atoms with Crippen LogP contribution in [-0.4, -0.2) is 32.3 Å². The maximum Gasteiger partial charge on any atom is 0.341 e. The van der Waals surface area contributed by atoms with Crippen molar-refractivity contribution in [1.29, 1.82) is 0 Å². The van der Waals surface area contributed by atoms with E-state index in [1.807, 2.05) is 0 Å². The van der Waals surface area contributed by atoms with E-state index in [-0.39, 0.29) is 0 Å². The molecule has 0 aliphatic heterocycles. The van der Waals surface area contributed by atoms with Crippen LogP contribution >= 0.6 is 22.6 Å². The van der Waals surface area contributed by atoms with Gasteiger partial charge in [-0.2, -0.15) is 5.10 Å². The number of ether oxygens (including phenoxy) is 1. The van der Waals surface area contributed by atoms with Crippen LogP contribution in [0, 0.1) is 3.57 Å². The van der Waals surface area contributed by atoms with Gasteiger partial charge in [0.2, 0.25) is 0 Å². The molecule has 0 N–H and O–H groups in total. The first-order valence-corrected chi connectivity index (χ1v) is 5.98. The number of hydrogen-bond acceptors (Lipinski definition) is 5. The summed E-state index contributed by atoms with van der Waals surface area (Å²) in [4.78, 5) is 19.6. The van der Waals surface area contributed by atoms with Crippen molar-refractivity contribution in [2.45, 2.75) is 6.92 Å². The highest BCUT2D eigenvalue weighted by atomic mass is 127. The van der Waals surface area contributed by atoms with Gasteiger partial charge in [0.25, 0.3) is 5.95 Å². The zero-order valence-corrected chi connectivity index (χ0v) is 11.2. The van der Waals surface area contributed by atoms with Crippen LogP contribution in [0.15, 0.2) is 24.8 Å². The summed E-state index contributed by atoms with van der Waals surface area (Å²) in [5.41, 5.74) is 0.383. The van der Waals surface area contributed by atoms with Gasteiger partial charge in [-0.15, -0.1) is 0 Å². The van der Waals surface area contributed by atoms with Crippen molar-refractivity contribution < 1.29 is 9.53 Å². The second-order valence-electron chi connectivity index (χ2n) is 3.10. The van der Waals surface area contributed by atoms with Crippen molar-refractivity contribution >= 4 is 28.6 Å². The Balaban J connectivity index is 2.23. The first-order chi connectivity index (χ1) is 8.20. The van der Waals surface area contributed by atoms with Crippen LogP contribution in [0.3, 0.4) is 0 Å². The minimum Gasteiger partial charge on any atom is -0.462 e. The Labute approximate surface area is 111 Å². The molecular weight excluding hydrogens is 335 g/mol. The lowest BCUT2D eigenvalue weighted by Gasteiger charge is -1.98. The molecule has 0 spiro atoms. The van der Waals surface area contributed by atoms with Crippen LogP contribution < -0.4 is 0 Å². The smallest absolute Gasteiger partial charge is 0.341 e. The predicted molar refractivity (Wildman–Crippen MR) is 67.8 cm³/mol. The Kier molecular flexibility index (Phi) is 3.67. The summed E-state index contributed by atoms with van der Waals surface area (Å²) in [6.07, 6.45) is 6.32. The molecule has 0 amide bonds. The van der Waals surface area contributed by atoms with Crippen LogP contribution in [0.4, 0.5) is 0 Å². The van der Waals surface area contributed by atoms with Gasteiger partial charge in [-0.25, -0.2) is 19.4 Å². The van der Waals surface area contributed by atoms with Crippen molar-refractivity contribution in [2.24, 2.45) is 0 Å². The average molecular weight is 344 g/mol. The van der Waals surface area contributed by atoms with Gasteiger partial charge in [0.1, 0.15) is 0 Å². The Morgan fingerprint density at radius 3 is 2.76 bits per heavy atom. The molecule has 0 aliphatic carbocycles. The fourth-order valence-electron chi connectivity index (χ4n) is 1.18. The van der Waals surface area contributed by atoms with Crippen LogP contribution in [-0.2, 0) is 4.74 Å². The van der Waals surface area contributed by atoms with Gasteiger partial charge >= 0.3 is 5.97 Å². The molecule has 0 unspecified atom stereocenters. The largest absolute Gasteiger partial charge is 0.462 e. The normalized spacial score (nSPS) is 10.2. The molecule has 0 fully saturated rings. The Bertz CT molecular complexity index is 523.